The minimum absolute atomic E-state index is 0.252. The van der Waals surface area contributed by atoms with Crippen LogP contribution in [-0.2, 0) is 0 Å². The van der Waals surface area contributed by atoms with Gasteiger partial charge < -0.3 is 0 Å². The van der Waals surface area contributed by atoms with Crippen molar-refractivity contribution in [3.05, 3.63) is 40.3 Å². The van der Waals surface area contributed by atoms with Crippen molar-refractivity contribution in [3.63, 3.8) is 0 Å². The highest BCUT2D eigenvalue weighted by molar-refractivity contribution is 5.81. The fourth-order valence-corrected chi connectivity index (χ4v) is 0.993. The van der Waals surface area contributed by atoms with Gasteiger partial charge in [0, 0.05) is 6.21 Å². The molecule has 3 nitrogen and oxygen atoms in total. The third-order valence-electron chi connectivity index (χ3n) is 1.74. The number of nitrogens with zero attached hydrogens (tertiary/aromatic N) is 2. The summed E-state index contributed by atoms with van der Waals surface area (Å²) in [6.07, 6.45) is 1.78. The van der Waals surface area contributed by atoms with Crippen LogP contribution in [0.3, 0.4) is 0 Å². The zero-order valence-corrected chi connectivity index (χ0v) is 7.60. The van der Waals surface area contributed by atoms with Crippen LogP contribution in [0.5, 0.6) is 0 Å². The SMILES string of the molecule is Cc1ccccc1C=NCCN=O. The molecule has 0 amide bonds. The molecule has 0 unspecified atom stereocenters. The van der Waals surface area contributed by atoms with Crippen LogP contribution in [0.1, 0.15) is 11.1 Å². The summed E-state index contributed by atoms with van der Waals surface area (Å²) >= 11 is 0. The molecular formula is C10H12N2O. The lowest BCUT2D eigenvalue weighted by Gasteiger charge is -1.96. The van der Waals surface area contributed by atoms with Crippen LogP contribution in [0.2, 0.25) is 0 Å². The van der Waals surface area contributed by atoms with Crippen LogP contribution >= 0.6 is 0 Å². The predicted octanol–water partition coefficient (Wildman–Crippen LogP) is 2.18. The monoisotopic (exact) mass is 176 g/mol. The minimum atomic E-state index is 0.252. The van der Waals surface area contributed by atoms with Gasteiger partial charge in [-0.15, -0.1) is 0 Å². The zero-order valence-electron chi connectivity index (χ0n) is 7.60. The van der Waals surface area contributed by atoms with Crippen LogP contribution in [0, 0.1) is 11.8 Å². The lowest BCUT2D eigenvalue weighted by atomic mass is 10.1. The molecule has 0 aliphatic rings. The largest absolute Gasteiger partial charge is 0.290 e. The van der Waals surface area contributed by atoms with E-state index >= 15 is 0 Å². The van der Waals surface area contributed by atoms with Gasteiger partial charge in [0.1, 0.15) is 6.54 Å². The van der Waals surface area contributed by atoms with Crippen LogP contribution in [0.15, 0.2) is 34.4 Å². The molecule has 0 bridgehead atoms. The van der Waals surface area contributed by atoms with Crippen LogP contribution < -0.4 is 0 Å². The van der Waals surface area contributed by atoms with Crippen LogP contribution in [0.4, 0.5) is 0 Å². The average Bonchev–Trinajstić information content (AvgIpc) is 2.15. The van der Waals surface area contributed by atoms with Gasteiger partial charge >= 0.3 is 0 Å². The standard InChI is InChI=1S/C10H12N2O/c1-9-4-2-3-5-10(9)8-11-6-7-12-13/h2-5,8H,6-7H2,1H3. The lowest BCUT2D eigenvalue weighted by Crippen LogP contribution is -1.89. The predicted molar refractivity (Wildman–Crippen MR) is 54.3 cm³/mol. The molecule has 0 heterocycles. The number of aryl methyl sites for hydroxylation is 1. The Morgan fingerprint density at radius 1 is 1.31 bits per heavy atom. The number of aliphatic imine (C=N–C) groups is 1. The molecule has 13 heavy (non-hydrogen) atoms. The highest BCUT2D eigenvalue weighted by atomic mass is 16.3. The lowest BCUT2D eigenvalue weighted by molar-refractivity contribution is 0.972. The van der Waals surface area contributed by atoms with Crippen molar-refractivity contribution in [2.45, 2.75) is 6.92 Å². The Balaban J connectivity index is 2.58. The number of nitroso groups, excluding NO2 is 1. The van der Waals surface area contributed by atoms with Gasteiger partial charge in [-0.2, -0.15) is 4.91 Å². The van der Waals surface area contributed by atoms with Gasteiger partial charge in [-0.1, -0.05) is 29.4 Å². The molecular weight excluding hydrogens is 164 g/mol. The molecule has 0 aliphatic carbocycles. The first-order chi connectivity index (χ1) is 6.34. The molecule has 1 rings (SSSR count). The van der Waals surface area contributed by atoms with E-state index in [9.17, 15) is 4.91 Å². The maximum atomic E-state index is 9.76. The van der Waals surface area contributed by atoms with Gasteiger partial charge in [0.05, 0.1) is 6.54 Å². The van der Waals surface area contributed by atoms with Crippen molar-refractivity contribution in [1.82, 2.24) is 0 Å². The number of rotatable bonds is 4. The number of benzene rings is 1. The fraction of sp³-hybridized carbons (Fsp3) is 0.300. The first kappa shape index (κ1) is 9.58. The molecule has 0 spiro atoms. The van der Waals surface area contributed by atoms with Gasteiger partial charge in [-0.05, 0) is 18.1 Å². The van der Waals surface area contributed by atoms with Gasteiger partial charge in [0.25, 0.3) is 0 Å². The highest BCUT2D eigenvalue weighted by Gasteiger charge is 1.90. The van der Waals surface area contributed by atoms with Crippen molar-refractivity contribution in [2.24, 2.45) is 10.2 Å². The van der Waals surface area contributed by atoms with E-state index in [-0.39, 0.29) is 6.54 Å². The summed E-state index contributed by atoms with van der Waals surface area (Å²) in [7, 11) is 0. The summed E-state index contributed by atoms with van der Waals surface area (Å²) in [6, 6.07) is 7.97. The highest BCUT2D eigenvalue weighted by Crippen LogP contribution is 2.03. The van der Waals surface area contributed by atoms with Crippen molar-refractivity contribution in [1.29, 1.82) is 0 Å². The van der Waals surface area contributed by atoms with Crippen molar-refractivity contribution >= 4 is 6.21 Å². The molecule has 1 aromatic carbocycles. The smallest absolute Gasteiger partial charge is 0.101 e. The molecule has 68 valence electrons. The number of hydrogen-bond donors (Lipinski definition) is 0. The Bertz CT molecular complexity index is 308. The molecule has 3 heteroatoms. The average molecular weight is 176 g/mol. The van der Waals surface area contributed by atoms with Gasteiger partial charge in [-0.25, -0.2) is 0 Å². The van der Waals surface area contributed by atoms with E-state index in [1.54, 1.807) is 6.21 Å². The summed E-state index contributed by atoms with van der Waals surface area (Å²) in [5, 5.41) is 2.73. The summed E-state index contributed by atoms with van der Waals surface area (Å²) in [4.78, 5) is 13.8. The first-order valence-electron chi connectivity index (χ1n) is 4.19. The molecule has 0 atom stereocenters. The maximum Gasteiger partial charge on any atom is 0.101 e. The van der Waals surface area contributed by atoms with Gasteiger partial charge in [0.15, 0.2) is 0 Å². The molecule has 1 aromatic rings. The van der Waals surface area contributed by atoms with Crippen LogP contribution in [0.25, 0.3) is 0 Å². The van der Waals surface area contributed by atoms with Crippen LogP contribution in [-0.4, -0.2) is 19.3 Å². The summed E-state index contributed by atoms with van der Waals surface area (Å²) in [5.41, 5.74) is 2.28. The zero-order chi connectivity index (χ0) is 9.52. The Labute approximate surface area is 77.5 Å². The van der Waals surface area contributed by atoms with E-state index in [0.717, 1.165) is 5.56 Å². The maximum absolute atomic E-state index is 9.76. The van der Waals surface area contributed by atoms with Crippen molar-refractivity contribution in [2.75, 3.05) is 13.1 Å². The van der Waals surface area contributed by atoms with E-state index in [0.29, 0.717) is 6.54 Å². The summed E-state index contributed by atoms with van der Waals surface area (Å²) < 4.78 is 0. The van der Waals surface area contributed by atoms with Gasteiger partial charge in [0.2, 0.25) is 0 Å². The minimum Gasteiger partial charge on any atom is -0.290 e. The third kappa shape index (κ3) is 3.15. The van der Waals surface area contributed by atoms with E-state index in [2.05, 4.69) is 10.2 Å². The number of hydrogen-bond acceptors (Lipinski definition) is 3. The molecule has 0 aromatic heterocycles. The van der Waals surface area contributed by atoms with Crippen molar-refractivity contribution in [3.8, 4) is 0 Å². The molecule has 0 N–H and O–H groups in total. The second-order valence-electron chi connectivity index (χ2n) is 2.74. The van der Waals surface area contributed by atoms with E-state index in [1.807, 2.05) is 31.2 Å². The Kier molecular flexibility index (Phi) is 3.82. The molecule has 0 fully saturated rings. The third-order valence-corrected chi connectivity index (χ3v) is 1.74. The van der Waals surface area contributed by atoms with Gasteiger partial charge in [-0.3, -0.25) is 4.99 Å². The Morgan fingerprint density at radius 3 is 2.77 bits per heavy atom. The molecule has 0 saturated carbocycles. The first-order valence-corrected chi connectivity index (χ1v) is 4.19. The van der Waals surface area contributed by atoms with E-state index in [1.165, 1.54) is 5.56 Å². The van der Waals surface area contributed by atoms with Crippen molar-refractivity contribution < 1.29 is 0 Å². The second kappa shape index (κ2) is 5.19. The summed E-state index contributed by atoms with van der Waals surface area (Å²) in [5.74, 6) is 0. The quantitative estimate of drug-likeness (QED) is 0.394. The molecule has 0 radical (unpaired) electrons. The topological polar surface area (TPSA) is 41.8 Å². The Hall–Kier alpha value is -1.51. The Morgan fingerprint density at radius 2 is 2.08 bits per heavy atom. The van der Waals surface area contributed by atoms with E-state index < -0.39 is 0 Å². The van der Waals surface area contributed by atoms with E-state index in [4.69, 9.17) is 0 Å². The fourth-order valence-electron chi connectivity index (χ4n) is 0.993. The second-order valence-corrected chi connectivity index (χ2v) is 2.74. The molecule has 0 aliphatic heterocycles. The molecule has 0 saturated heterocycles. The normalized spacial score (nSPS) is 10.5. The summed E-state index contributed by atoms with van der Waals surface area (Å²) in [6.45, 7) is 2.75.